The summed E-state index contributed by atoms with van der Waals surface area (Å²) in [5.41, 5.74) is 0.921. The van der Waals surface area contributed by atoms with E-state index in [4.69, 9.17) is 11.6 Å². The predicted octanol–water partition coefficient (Wildman–Crippen LogP) is 3.45. The zero-order valence-corrected chi connectivity index (χ0v) is 10.8. The van der Waals surface area contributed by atoms with E-state index in [2.05, 4.69) is 4.98 Å². The predicted molar refractivity (Wildman–Crippen MR) is 66.5 cm³/mol. The monoisotopic (exact) mass is 290 g/mol. The SMILES string of the molecule is Cc1cn(SF)c(C(O)c2ccc(F)c(Cl)c2)n1. The van der Waals surface area contributed by atoms with Crippen molar-refractivity contribution in [2.75, 3.05) is 0 Å². The molecule has 0 aliphatic rings. The summed E-state index contributed by atoms with van der Waals surface area (Å²) in [4.78, 5) is 4.03. The average Bonchev–Trinajstić information content (AvgIpc) is 2.73. The van der Waals surface area contributed by atoms with Crippen molar-refractivity contribution in [3.63, 3.8) is 0 Å². The third-order valence-corrected chi connectivity index (χ3v) is 3.13. The third-order valence-electron chi connectivity index (χ3n) is 2.40. The molecule has 1 heterocycles. The summed E-state index contributed by atoms with van der Waals surface area (Å²) in [5, 5.41) is 9.99. The molecule has 0 bridgehead atoms. The number of nitrogens with zero attached hydrogens (tertiary/aromatic N) is 2. The van der Waals surface area contributed by atoms with Crippen molar-refractivity contribution in [2.45, 2.75) is 13.0 Å². The van der Waals surface area contributed by atoms with E-state index < -0.39 is 11.9 Å². The highest BCUT2D eigenvalue weighted by Gasteiger charge is 2.19. The largest absolute Gasteiger partial charge is 0.380 e. The average molecular weight is 291 g/mol. The second-order valence-corrected chi connectivity index (χ2v) is 4.65. The minimum atomic E-state index is -1.17. The van der Waals surface area contributed by atoms with Gasteiger partial charge in [0.15, 0.2) is 18.2 Å². The number of benzene rings is 1. The lowest BCUT2D eigenvalue weighted by molar-refractivity contribution is 0.209. The fourth-order valence-corrected chi connectivity index (χ4v) is 2.16. The first kappa shape index (κ1) is 13.3. The van der Waals surface area contributed by atoms with Gasteiger partial charge in [-0.1, -0.05) is 17.7 Å². The summed E-state index contributed by atoms with van der Waals surface area (Å²) in [6.07, 6.45) is 0.286. The van der Waals surface area contributed by atoms with Gasteiger partial charge in [-0.25, -0.2) is 13.3 Å². The van der Waals surface area contributed by atoms with Crippen LogP contribution in [0, 0.1) is 12.7 Å². The minimum absolute atomic E-state index is 0.0663. The molecule has 1 unspecified atom stereocenters. The second kappa shape index (κ2) is 5.26. The maximum Gasteiger partial charge on any atom is 0.170 e. The molecular weight excluding hydrogens is 282 g/mol. The smallest absolute Gasteiger partial charge is 0.170 e. The van der Waals surface area contributed by atoms with Crippen molar-refractivity contribution in [3.05, 3.63) is 52.3 Å². The normalized spacial score (nSPS) is 12.7. The Bertz CT molecular complexity index is 576. The number of hydrogen-bond donors (Lipinski definition) is 1. The molecule has 0 saturated heterocycles. The molecule has 3 nitrogen and oxygen atoms in total. The van der Waals surface area contributed by atoms with Gasteiger partial charge in [0, 0.05) is 6.20 Å². The number of aliphatic hydroxyl groups is 1. The first-order chi connectivity index (χ1) is 8.52. The molecule has 2 aromatic rings. The third kappa shape index (κ3) is 2.50. The van der Waals surface area contributed by atoms with Gasteiger partial charge in [0.25, 0.3) is 0 Å². The van der Waals surface area contributed by atoms with Crippen LogP contribution in [-0.4, -0.2) is 14.1 Å². The molecule has 2 rings (SSSR count). The lowest BCUT2D eigenvalue weighted by atomic mass is 10.1. The van der Waals surface area contributed by atoms with Gasteiger partial charge in [0.2, 0.25) is 0 Å². The van der Waals surface area contributed by atoms with Gasteiger partial charge in [-0.3, -0.25) is 0 Å². The number of hydrogen-bond acceptors (Lipinski definition) is 3. The fourth-order valence-electron chi connectivity index (χ4n) is 1.56. The second-order valence-electron chi connectivity index (χ2n) is 3.71. The van der Waals surface area contributed by atoms with Gasteiger partial charge in [0.1, 0.15) is 11.9 Å². The van der Waals surface area contributed by atoms with E-state index in [0.717, 1.165) is 10.0 Å². The standard InChI is InChI=1S/C11H9ClF2N2OS/c1-6-5-16(18-14)11(15-6)10(17)7-2-3-9(13)8(12)4-7/h2-5,10,17H,1H3. The molecule has 0 aliphatic carbocycles. The number of aromatic nitrogens is 2. The van der Waals surface area contributed by atoms with Gasteiger partial charge in [-0.15, -0.1) is 3.89 Å². The zero-order chi connectivity index (χ0) is 13.3. The zero-order valence-electron chi connectivity index (χ0n) is 9.27. The molecule has 1 atom stereocenters. The first-order valence-corrected chi connectivity index (χ1v) is 6.06. The Hall–Kier alpha value is -1.11. The lowest BCUT2D eigenvalue weighted by Gasteiger charge is -2.11. The number of halogens is 3. The molecule has 96 valence electrons. The van der Waals surface area contributed by atoms with Gasteiger partial charge in [-0.2, -0.15) is 0 Å². The molecular formula is C11H9ClF2N2OS. The Balaban J connectivity index is 2.40. The number of aryl methyl sites for hydroxylation is 1. The van der Waals surface area contributed by atoms with Crippen LogP contribution in [0.4, 0.5) is 8.28 Å². The minimum Gasteiger partial charge on any atom is -0.380 e. The molecule has 1 aromatic carbocycles. The van der Waals surface area contributed by atoms with Gasteiger partial charge in [0.05, 0.1) is 10.7 Å². The summed E-state index contributed by atoms with van der Waals surface area (Å²) in [5.74, 6) is -0.449. The molecule has 0 radical (unpaired) electrons. The topological polar surface area (TPSA) is 38.0 Å². The van der Waals surface area contributed by atoms with E-state index >= 15 is 0 Å². The summed E-state index contributed by atoms with van der Waals surface area (Å²) in [6.45, 7) is 1.68. The Morgan fingerprint density at radius 3 is 2.83 bits per heavy atom. The number of aliphatic hydroxyl groups excluding tert-OH is 1. The van der Waals surface area contributed by atoms with E-state index in [1.54, 1.807) is 6.92 Å². The maximum atomic E-state index is 13.0. The van der Waals surface area contributed by atoms with Crippen molar-refractivity contribution in [3.8, 4) is 0 Å². The molecule has 0 amide bonds. The first-order valence-electron chi connectivity index (χ1n) is 5.01. The molecule has 0 aliphatic heterocycles. The van der Waals surface area contributed by atoms with Crippen LogP contribution in [-0.2, 0) is 0 Å². The van der Waals surface area contributed by atoms with E-state index in [1.165, 1.54) is 18.3 Å². The van der Waals surface area contributed by atoms with Crippen LogP contribution in [0.3, 0.4) is 0 Å². The quantitative estimate of drug-likeness (QED) is 0.941. The van der Waals surface area contributed by atoms with E-state index in [0.29, 0.717) is 11.3 Å². The van der Waals surface area contributed by atoms with Crippen LogP contribution in [0.5, 0.6) is 0 Å². The molecule has 0 spiro atoms. The van der Waals surface area contributed by atoms with Crippen molar-refractivity contribution < 1.29 is 13.4 Å². The highest BCUT2D eigenvalue weighted by Crippen LogP contribution is 2.27. The van der Waals surface area contributed by atoms with E-state index in [9.17, 15) is 13.4 Å². The Morgan fingerprint density at radius 2 is 2.22 bits per heavy atom. The Morgan fingerprint density at radius 1 is 1.50 bits per heavy atom. The van der Waals surface area contributed by atoms with Crippen LogP contribution < -0.4 is 0 Å². The Labute approximate surface area is 112 Å². The molecule has 0 saturated carbocycles. The van der Waals surface area contributed by atoms with Crippen molar-refractivity contribution >= 4 is 23.9 Å². The van der Waals surface area contributed by atoms with Crippen molar-refractivity contribution in [1.29, 1.82) is 0 Å². The molecule has 1 N–H and O–H groups in total. The van der Waals surface area contributed by atoms with Gasteiger partial charge in [-0.05, 0) is 24.6 Å². The summed E-state index contributed by atoms with van der Waals surface area (Å²) < 4.78 is 26.8. The van der Waals surface area contributed by atoms with Crippen LogP contribution in [0.15, 0.2) is 24.4 Å². The lowest BCUT2D eigenvalue weighted by Crippen LogP contribution is -2.05. The van der Waals surface area contributed by atoms with Crippen molar-refractivity contribution in [2.24, 2.45) is 0 Å². The van der Waals surface area contributed by atoms with Crippen LogP contribution in [0.1, 0.15) is 23.2 Å². The summed E-state index contributed by atoms with van der Waals surface area (Å²) >= 11 is 5.57. The van der Waals surface area contributed by atoms with Crippen LogP contribution >= 0.6 is 23.9 Å². The van der Waals surface area contributed by atoms with Crippen molar-refractivity contribution in [1.82, 2.24) is 8.96 Å². The van der Waals surface area contributed by atoms with Gasteiger partial charge >= 0.3 is 0 Å². The molecule has 18 heavy (non-hydrogen) atoms. The Kier molecular flexibility index (Phi) is 3.89. The summed E-state index contributed by atoms with van der Waals surface area (Å²) in [7, 11) is 0. The highest BCUT2D eigenvalue weighted by molar-refractivity contribution is 7.92. The fraction of sp³-hybridized carbons (Fsp3) is 0.182. The maximum absolute atomic E-state index is 13.0. The number of rotatable bonds is 3. The van der Waals surface area contributed by atoms with Gasteiger partial charge < -0.3 is 5.11 Å². The molecule has 7 heteroatoms. The molecule has 1 aromatic heterocycles. The van der Waals surface area contributed by atoms with E-state index in [-0.39, 0.29) is 23.2 Å². The van der Waals surface area contributed by atoms with Crippen LogP contribution in [0.2, 0.25) is 5.02 Å². The van der Waals surface area contributed by atoms with Crippen LogP contribution in [0.25, 0.3) is 0 Å². The number of imidazole rings is 1. The highest BCUT2D eigenvalue weighted by atomic mass is 35.5. The van der Waals surface area contributed by atoms with E-state index in [1.807, 2.05) is 0 Å². The molecule has 0 fully saturated rings. The summed E-state index contributed by atoms with van der Waals surface area (Å²) in [6, 6.07) is 3.81.